The molecule has 5 rings (SSSR count). The molecule has 0 N–H and O–H groups in total. The zero-order chi connectivity index (χ0) is 21.8. The fourth-order valence-electron chi connectivity index (χ4n) is 4.42. The number of anilines is 1. The van der Waals surface area contributed by atoms with Gasteiger partial charge in [-0.3, -0.25) is 0 Å². The van der Waals surface area contributed by atoms with Gasteiger partial charge in [0.05, 0.1) is 0 Å². The number of nitrogens with zero attached hydrogens (tertiary/aromatic N) is 1. The Hall–Kier alpha value is -3.84. The first-order valence-electron chi connectivity index (χ1n) is 11.2. The number of rotatable bonds is 5. The largest absolute Gasteiger partial charge is 0.345 e. The fourth-order valence-corrected chi connectivity index (χ4v) is 4.42. The van der Waals surface area contributed by atoms with E-state index in [9.17, 15) is 0 Å². The van der Waals surface area contributed by atoms with Crippen LogP contribution in [0, 0.1) is 0 Å². The van der Waals surface area contributed by atoms with Crippen LogP contribution < -0.4 is 4.90 Å². The maximum atomic E-state index is 2.35. The topological polar surface area (TPSA) is 3.24 Å². The van der Waals surface area contributed by atoms with Gasteiger partial charge in [0.2, 0.25) is 0 Å². The van der Waals surface area contributed by atoms with Gasteiger partial charge in [0.1, 0.15) is 0 Å². The lowest BCUT2D eigenvalue weighted by molar-refractivity contribution is 0.837. The van der Waals surface area contributed by atoms with E-state index < -0.39 is 0 Å². The van der Waals surface area contributed by atoms with E-state index in [4.69, 9.17) is 0 Å². The van der Waals surface area contributed by atoms with E-state index in [1.807, 2.05) is 0 Å². The molecule has 0 saturated heterocycles. The zero-order valence-corrected chi connectivity index (χ0v) is 18.4. The molecule has 0 bridgehead atoms. The van der Waals surface area contributed by atoms with Gasteiger partial charge in [0.25, 0.3) is 0 Å². The summed E-state index contributed by atoms with van der Waals surface area (Å²) < 4.78 is 0. The minimum absolute atomic E-state index is 0.452. The summed E-state index contributed by atoms with van der Waals surface area (Å²) in [5, 5.41) is 0. The lowest BCUT2D eigenvalue weighted by Gasteiger charge is -2.26. The normalized spacial score (nSPS) is 15.3. The minimum atomic E-state index is 0.452. The van der Waals surface area contributed by atoms with Crippen LogP contribution in [-0.4, -0.2) is 7.05 Å². The first-order chi connectivity index (χ1) is 15.8. The molecular weight excluding hydrogens is 386 g/mol. The van der Waals surface area contributed by atoms with Crippen LogP contribution in [0.5, 0.6) is 0 Å². The highest BCUT2D eigenvalue weighted by Crippen LogP contribution is 2.36. The number of allylic oxidation sites excluding steroid dienone is 3. The average Bonchev–Trinajstić information content (AvgIpc) is 2.89. The van der Waals surface area contributed by atoms with E-state index in [-0.39, 0.29) is 0 Å². The molecule has 156 valence electrons. The van der Waals surface area contributed by atoms with Gasteiger partial charge >= 0.3 is 0 Å². The summed E-state index contributed by atoms with van der Waals surface area (Å²) in [5.41, 5.74) is 8.79. The van der Waals surface area contributed by atoms with Crippen LogP contribution in [0.25, 0.3) is 22.3 Å². The third kappa shape index (κ3) is 4.15. The second-order valence-electron chi connectivity index (χ2n) is 8.26. The molecule has 1 unspecified atom stereocenters. The van der Waals surface area contributed by atoms with Crippen LogP contribution in [0.1, 0.15) is 17.9 Å². The highest BCUT2D eigenvalue weighted by Gasteiger charge is 2.15. The highest BCUT2D eigenvalue weighted by molar-refractivity contribution is 5.86. The third-order valence-electron chi connectivity index (χ3n) is 6.26. The monoisotopic (exact) mass is 413 g/mol. The summed E-state index contributed by atoms with van der Waals surface area (Å²) >= 11 is 0. The molecule has 1 atom stereocenters. The molecule has 4 aromatic carbocycles. The van der Waals surface area contributed by atoms with Gasteiger partial charge in [-0.05, 0) is 52.4 Å². The van der Waals surface area contributed by atoms with E-state index in [1.165, 1.54) is 39.2 Å². The van der Waals surface area contributed by atoms with E-state index in [0.29, 0.717) is 5.92 Å². The maximum Gasteiger partial charge on any atom is 0.0414 e. The quantitative estimate of drug-likeness (QED) is 0.319. The molecule has 0 saturated carbocycles. The number of benzene rings is 4. The van der Waals surface area contributed by atoms with Gasteiger partial charge < -0.3 is 4.90 Å². The van der Waals surface area contributed by atoms with Crippen molar-refractivity contribution in [3.05, 3.63) is 139 Å². The van der Waals surface area contributed by atoms with Crippen LogP contribution in [0.3, 0.4) is 0 Å². The molecule has 0 heterocycles. The van der Waals surface area contributed by atoms with Crippen LogP contribution in [0.15, 0.2) is 133 Å². The van der Waals surface area contributed by atoms with E-state index in [0.717, 1.165) is 6.42 Å². The van der Waals surface area contributed by atoms with Crippen LogP contribution in [0.4, 0.5) is 5.69 Å². The third-order valence-corrected chi connectivity index (χ3v) is 6.26. The lowest BCUT2D eigenvalue weighted by Crippen LogP contribution is -2.17. The van der Waals surface area contributed by atoms with Gasteiger partial charge in [-0.15, -0.1) is 0 Å². The van der Waals surface area contributed by atoms with Gasteiger partial charge in [-0.2, -0.15) is 0 Å². The Kier molecular flexibility index (Phi) is 5.72. The van der Waals surface area contributed by atoms with Crippen molar-refractivity contribution in [2.45, 2.75) is 12.3 Å². The first-order valence-corrected chi connectivity index (χ1v) is 11.2. The molecule has 0 radical (unpaired) electrons. The Bertz CT molecular complexity index is 1240. The van der Waals surface area contributed by atoms with Crippen molar-refractivity contribution >= 4 is 5.69 Å². The van der Waals surface area contributed by atoms with Crippen LogP contribution >= 0.6 is 0 Å². The molecule has 1 nitrogen and oxygen atoms in total. The average molecular weight is 414 g/mol. The van der Waals surface area contributed by atoms with E-state index in [2.05, 4.69) is 139 Å². The maximum absolute atomic E-state index is 2.35. The van der Waals surface area contributed by atoms with Crippen molar-refractivity contribution in [2.24, 2.45) is 0 Å². The molecule has 4 aromatic rings. The molecule has 1 aliphatic carbocycles. The molecule has 1 heteroatoms. The van der Waals surface area contributed by atoms with Gasteiger partial charge in [0.15, 0.2) is 0 Å². The Morgan fingerprint density at radius 3 is 1.84 bits per heavy atom. The molecular formula is C31H27N. The second-order valence-corrected chi connectivity index (χ2v) is 8.26. The smallest absolute Gasteiger partial charge is 0.0414 e. The van der Waals surface area contributed by atoms with Gasteiger partial charge in [-0.1, -0.05) is 109 Å². The summed E-state index contributed by atoms with van der Waals surface area (Å²) in [5.74, 6) is 0.452. The fraction of sp³-hybridized carbons (Fsp3) is 0.0968. The van der Waals surface area contributed by atoms with Crippen LogP contribution in [0.2, 0.25) is 0 Å². The number of hydrogen-bond donors (Lipinski definition) is 0. The molecule has 0 fully saturated rings. The van der Waals surface area contributed by atoms with Gasteiger partial charge in [0, 0.05) is 24.4 Å². The van der Waals surface area contributed by atoms with Crippen molar-refractivity contribution in [3.63, 3.8) is 0 Å². The van der Waals surface area contributed by atoms with Crippen molar-refractivity contribution in [3.8, 4) is 22.3 Å². The SMILES string of the molecule is CN(C1=CCC(c2ccccc2)C=C1)c1ccc(-c2ccccc2)c(-c2ccccc2)c1. The summed E-state index contributed by atoms with van der Waals surface area (Å²) in [7, 11) is 2.16. The second kappa shape index (κ2) is 9.11. The number of likely N-dealkylation sites (N-methyl/N-ethyl adjacent to an activating group) is 1. The predicted octanol–water partition coefficient (Wildman–Crippen LogP) is 8.08. The standard InChI is InChI=1S/C31H27N/c1-32(28-19-17-25(18-20-28)24-11-5-2-6-12-24)29-21-22-30(26-13-7-3-8-14-26)31(23-29)27-15-9-4-10-16-27/h2-17,19-23,25H,18H2,1H3. The van der Waals surface area contributed by atoms with Crippen molar-refractivity contribution in [1.29, 1.82) is 0 Å². The van der Waals surface area contributed by atoms with E-state index >= 15 is 0 Å². The van der Waals surface area contributed by atoms with Crippen molar-refractivity contribution in [2.75, 3.05) is 11.9 Å². The lowest BCUT2D eigenvalue weighted by atomic mass is 9.91. The summed E-state index contributed by atoms with van der Waals surface area (Å²) in [6, 6.07) is 38.8. The number of hydrogen-bond acceptors (Lipinski definition) is 1. The van der Waals surface area contributed by atoms with E-state index in [1.54, 1.807) is 0 Å². The molecule has 0 aliphatic heterocycles. The zero-order valence-electron chi connectivity index (χ0n) is 18.4. The van der Waals surface area contributed by atoms with Crippen molar-refractivity contribution < 1.29 is 0 Å². The summed E-state index contributed by atoms with van der Waals surface area (Å²) in [4.78, 5) is 2.29. The molecule has 0 amide bonds. The Morgan fingerprint density at radius 2 is 1.25 bits per heavy atom. The Labute approximate surface area is 191 Å². The summed E-state index contributed by atoms with van der Waals surface area (Å²) in [6.07, 6.45) is 7.96. The predicted molar refractivity (Wildman–Crippen MR) is 137 cm³/mol. The van der Waals surface area contributed by atoms with Crippen LogP contribution in [-0.2, 0) is 0 Å². The Balaban J connectivity index is 1.47. The van der Waals surface area contributed by atoms with Gasteiger partial charge in [-0.25, -0.2) is 0 Å². The minimum Gasteiger partial charge on any atom is -0.345 e. The molecule has 0 aromatic heterocycles. The molecule has 0 spiro atoms. The molecule has 32 heavy (non-hydrogen) atoms. The molecule has 1 aliphatic rings. The Morgan fingerprint density at radius 1 is 0.656 bits per heavy atom. The first kappa shape index (κ1) is 20.1. The summed E-state index contributed by atoms with van der Waals surface area (Å²) in [6.45, 7) is 0. The highest BCUT2D eigenvalue weighted by atomic mass is 15.1. The van der Waals surface area contributed by atoms with Crippen molar-refractivity contribution in [1.82, 2.24) is 0 Å².